The standard InChI is InChI=1S/C15H14FO/c1-3-11-8-9-12(10-15(11)17-2)13-6-4-5-7-14(13)16/h4-7,9-10H,3H2,1-2H3. The minimum absolute atomic E-state index is 0.229. The van der Waals surface area contributed by atoms with Gasteiger partial charge < -0.3 is 4.74 Å². The van der Waals surface area contributed by atoms with Crippen molar-refractivity contribution in [2.24, 2.45) is 0 Å². The Bertz CT molecular complexity index is 520. The third-order valence-corrected chi connectivity index (χ3v) is 2.74. The second-order valence-electron chi connectivity index (χ2n) is 3.77. The van der Waals surface area contributed by atoms with Crippen molar-refractivity contribution in [2.45, 2.75) is 13.3 Å². The minimum Gasteiger partial charge on any atom is -0.496 e. The third-order valence-electron chi connectivity index (χ3n) is 2.74. The summed E-state index contributed by atoms with van der Waals surface area (Å²) in [5, 5.41) is 0. The van der Waals surface area contributed by atoms with Crippen LogP contribution in [0.1, 0.15) is 12.5 Å². The molecular formula is C15H14FO. The highest BCUT2D eigenvalue weighted by atomic mass is 19.1. The highest BCUT2D eigenvalue weighted by Gasteiger charge is 2.07. The molecule has 0 saturated carbocycles. The molecule has 0 amide bonds. The number of halogens is 1. The summed E-state index contributed by atoms with van der Waals surface area (Å²) in [7, 11) is 1.62. The van der Waals surface area contributed by atoms with Gasteiger partial charge in [-0.05, 0) is 36.2 Å². The average molecular weight is 229 g/mol. The molecule has 2 rings (SSSR count). The van der Waals surface area contributed by atoms with E-state index in [9.17, 15) is 4.39 Å². The van der Waals surface area contributed by atoms with Crippen LogP contribution in [-0.4, -0.2) is 7.11 Å². The lowest BCUT2D eigenvalue weighted by molar-refractivity contribution is 0.410. The molecule has 2 heteroatoms. The summed E-state index contributed by atoms with van der Waals surface area (Å²) in [5.74, 6) is 0.528. The van der Waals surface area contributed by atoms with Crippen molar-refractivity contribution >= 4 is 0 Å². The Morgan fingerprint density at radius 3 is 2.71 bits per heavy atom. The topological polar surface area (TPSA) is 9.23 Å². The van der Waals surface area contributed by atoms with Gasteiger partial charge in [0.15, 0.2) is 0 Å². The van der Waals surface area contributed by atoms with Crippen molar-refractivity contribution in [3.63, 3.8) is 0 Å². The van der Waals surface area contributed by atoms with Gasteiger partial charge in [-0.25, -0.2) is 4.39 Å². The average Bonchev–Trinajstić information content (AvgIpc) is 2.38. The Kier molecular flexibility index (Phi) is 3.43. The van der Waals surface area contributed by atoms with Crippen LogP contribution in [0.5, 0.6) is 5.75 Å². The molecule has 0 N–H and O–H groups in total. The van der Waals surface area contributed by atoms with Gasteiger partial charge in [-0.2, -0.15) is 0 Å². The third kappa shape index (κ3) is 2.31. The van der Waals surface area contributed by atoms with Crippen LogP contribution in [0.25, 0.3) is 11.1 Å². The molecule has 2 aromatic rings. The molecule has 17 heavy (non-hydrogen) atoms. The number of benzene rings is 2. The summed E-state index contributed by atoms with van der Waals surface area (Å²) >= 11 is 0. The highest BCUT2D eigenvalue weighted by Crippen LogP contribution is 2.28. The van der Waals surface area contributed by atoms with E-state index in [0.717, 1.165) is 23.3 Å². The van der Waals surface area contributed by atoms with Crippen molar-refractivity contribution < 1.29 is 9.13 Å². The largest absolute Gasteiger partial charge is 0.496 e. The Labute approximate surface area is 101 Å². The van der Waals surface area contributed by atoms with E-state index in [1.165, 1.54) is 6.07 Å². The molecule has 0 aliphatic rings. The summed E-state index contributed by atoms with van der Waals surface area (Å²) in [6, 6.07) is 13.5. The molecule has 0 aromatic heterocycles. The Balaban J connectivity index is 2.50. The molecule has 0 unspecified atom stereocenters. The number of aryl methyl sites for hydroxylation is 1. The Morgan fingerprint density at radius 2 is 2.06 bits per heavy atom. The molecule has 0 fully saturated rings. The number of hydrogen-bond donors (Lipinski definition) is 0. The smallest absolute Gasteiger partial charge is 0.131 e. The van der Waals surface area contributed by atoms with Crippen molar-refractivity contribution in [1.82, 2.24) is 0 Å². The molecule has 1 radical (unpaired) electrons. The van der Waals surface area contributed by atoms with Crippen LogP contribution in [0.4, 0.5) is 4.39 Å². The van der Waals surface area contributed by atoms with Crippen LogP contribution in [0.3, 0.4) is 0 Å². The van der Waals surface area contributed by atoms with Gasteiger partial charge in [0.05, 0.1) is 7.11 Å². The lowest BCUT2D eigenvalue weighted by Gasteiger charge is -2.09. The summed E-state index contributed by atoms with van der Waals surface area (Å²) in [4.78, 5) is 0. The maximum absolute atomic E-state index is 13.6. The molecule has 0 spiro atoms. The number of ether oxygens (including phenoxy) is 1. The van der Waals surface area contributed by atoms with Gasteiger partial charge in [0, 0.05) is 11.1 Å². The van der Waals surface area contributed by atoms with E-state index >= 15 is 0 Å². The normalized spacial score (nSPS) is 10.3. The van der Waals surface area contributed by atoms with Crippen molar-refractivity contribution in [3.05, 3.63) is 53.8 Å². The van der Waals surface area contributed by atoms with Gasteiger partial charge in [-0.15, -0.1) is 0 Å². The number of methoxy groups -OCH3 is 1. The maximum atomic E-state index is 13.6. The zero-order valence-electron chi connectivity index (χ0n) is 9.96. The van der Waals surface area contributed by atoms with Crippen LogP contribution in [0.15, 0.2) is 36.4 Å². The summed E-state index contributed by atoms with van der Waals surface area (Å²) < 4.78 is 18.9. The van der Waals surface area contributed by atoms with Gasteiger partial charge in [0.25, 0.3) is 0 Å². The van der Waals surface area contributed by atoms with E-state index in [1.54, 1.807) is 25.3 Å². The zero-order valence-corrected chi connectivity index (χ0v) is 9.96. The second kappa shape index (κ2) is 5.00. The SMILES string of the molecule is CCc1[c]cc(-c2ccccc2F)cc1OC. The van der Waals surface area contributed by atoms with Gasteiger partial charge in [0.1, 0.15) is 11.6 Å². The van der Waals surface area contributed by atoms with Crippen molar-refractivity contribution in [2.75, 3.05) is 7.11 Å². The number of rotatable bonds is 3. The summed E-state index contributed by atoms with van der Waals surface area (Å²) in [5.41, 5.74) is 2.37. The molecule has 1 nitrogen and oxygen atoms in total. The maximum Gasteiger partial charge on any atom is 0.131 e. The highest BCUT2D eigenvalue weighted by molar-refractivity contribution is 5.66. The molecule has 0 bridgehead atoms. The molecule has 0 saturated heterocycles. The molecule has 0 heterocycles. The Morgan fingerprint density at radius 1 is 1.29 bits per heavy atom. The summed E-state index contributed by atoms with van der Waals surface area (Å²) in [6.07, 6.45) is 0.848. The van der Waals surface area contributed by atoms with Gasteiger partial charge in [0.2, 0.25) is 0 Å². The van der Waals surface area contributed by atoms with Gasteiger partial charge in [-0.1, -0.05) is 25.1 Å². The fraction of sp³-hybridized carbons (Fsp3) is 0.200. The first-order valence-electron chi connectivity index (χ1n) is 5.59. The molecular weight excluding hydrogens is 215 g/mol. The molecule has 0 aliphatic heterocycles. The van der Waals surface area contributed by atoms with E-state index in [4.69, 9.17) is 4.74 Å². The van der Waals surface area contributed by atoms with E-state index in [-0.39, 0.29) is 5.82 Å². The lowest BCUT2D eigenvalue weighted by atomic mass is 10.0. The van der Waals surface area contributed by atoms with Crippen LogP contribution in [0.2, 0.25) is 0 Å². The molecule has 0 aliphatic carbocycles. The number of hydrogen-bond acceptors (Lipinski definition) is 1. The quantitative estimate of drug-likeness (QED) is 0.776. The van der Waals surface area contributed by atoms with E-state index in [1.807, 2.05) is 19.1 Å². The minimum atomic E-state index is -0.229. The summed E-state index contributed by atoms with van der Waals surface area (Å²) in [6.45, 7) is 2.04. The first-order valence-corrected chi connectivity index (χ1v) is 5.59. The molecule has 0 atom stereocenters. The first-order chi connectivity index (χ1) is 8.26. The molecule has 2 aromatic carbocycles. The van der Waals surface area contributed by atoms with E-state index < -0.39 is 0 Å². The van der Waals surface area contributed by atoms with Crippen molar-refractivity contribution in [1.29, 1.82) is 0 Å². The lowest BCUT2D eigenvalue weighted by Crippen LogP contribution is -1.92. The van der Waals surface area contributed by atoms with Crippen LogP contribution in [-0.2, 0) is 6.42 Å². The zero-order chi connectivity index (χ0) is 12.3. The van der Waals surface area contributed by atoms with Crippen molar-refractivity contribution in [3.8, 4) is 16.9 Å². The monoisotopic (exact) mass is 229 g/mol. The van der Waals surface area contributed by atoms with Crippen LogP contribution < -0.4 is 4.74 Å². The van der Waals surface area contributed by atoms with E-state index in [2.05, 4.69) is 6.07 Å². The fourth-order valence-corrected chi connectivity index (χ4v) is 1.82. The fourth-order valence-electron chi connectivity index (χ4n) is 1.82. The Hall–Kier alpha value is -1.83. The molecule has 87 valence electrons. The van der Waals surface area contributed by atoms with E-state index in [0.29, 0.717) is 5.56 Å². The predicted molar refractivity (Wildman–Crippen MR) is 66.6 cm³/mol. The first kappa shape index (κ1) is 11.6. The van der Waals surface area contributed by atoms with Crippen LogP contribution >= 0.6 is 0 Å². The van der Waals surface area contributed by atoms with Gasteiger partial charge in [-0.3, -0.25) is 0 Å². The van der Waals surface area contributed by atoms with Gasteiger partial charge >= 0.3 is 0 Å². The second-order valence-corrected chi connectivity index (χ2v) is 3.77. The van der Waals surface area contributed by atoms with Crippen LogP contribution in [0, 0.1) is 11.9 Å². The predicted octanol–water partition coefficient (Wildman–Crippen LogP) is 3.86.